The molecule has 2 atom stereocenters. The number of aliphatic carboxylic acids is 1. The van der Waals surface area contributed by atoms with Gasteiger partial charge in [0.15, 0.2) is 11.6 Å². The molecule has 1 N–H and O–H groups in total. The van der Waals surface area contributed by atoms with Crippen LogP contribution in [0.1, 0.15) is 29.0 Å². The molecular formula is C21H23F2NO3. The predicted octanol–water partition coefficient (Wildman–Crippen LogP) is 3.68. The molecular weight excluding hydrogens is 352 g/mol. The summed E-state index contributed by atoms with van der Waals surface area (Å²) in [5.41, 5.74) is 2.89. The summed E-state index contributed by atoms with van der Waals surface area (Å²) in [6.07, 6.45) is 1.66. The molecule has 2 aromatic rings. The first-order valence-electron chi connectivity index (χ1n) is 8.91. The zero-order valence-corrected chi connectivity index (χ0v) is 15.4. The minimum atomic E-state index is -0.886. The average molecular weight is 375 g/mol. The molecule has 0 unspecified atom stereocenters. The van der Waals surface area contributed by atoms with Gasteiger partial charge in [0.1, 0.15) is 5.75 Å². The number of aryl methyl sites for hydroxylation is 1. The van der Waals surface area contributed by atoms with Crippen molar-refractivity contribution in [1.82, 2.24) is 4.90 Å². The number of benzene rings is 2. The monoisotopic (exact) mass is 375 g/mol. The van der Waals surface area contributed by atoms with E-state index in [-0.39, 0.29) is 18.4 Å². The predicted molar refractivity (Wildman–Crippen MR) is 98.1 cm³/mol. The summed E-state index contributed by atoms with van der Waals surface area (Å²) in [4.78, 5) is 12.8. The van der Waals surface area contributed by atoms with E-state index in [1.807, 2.05) is 18.2 Å². The molecule has 0 spiro atoms. The van der Waals surface area contributed by atoms with Crippen molar-refractivity contribution >= 4 is 5.97 Å². The highest BCUT2D eigenvalue weighted by atomic mass is 19.2. The van der Waals surface area contributed by atoms with E-state index in [0.717, 1.165) is 35.8 Å². The summed E-state index contributed by atoms with van der Waals surface area (Å²) < 4.78 is 32.7. The number of ether oxygens (including phenoxy) is 1. The molecule has 27 heavy (non-hydrogen) atoms. The molecule has 3 rings (SSSR count). The van der Waals surface area contributed by atoms with Gasteiger partial charge in [0.25, 0.3) is 0 Å². The molecule has 0 saturated heterocycles. The third-order valence-corrected chi connectivity index (χ3v) is 5.20. The van der Waals surface area contributed by atoms with Gasteiger partial charge in [-0.2, -0.15) is 0 Å². The number of likely N-dealkylation sites (N-methyl/N-ethyl adjacent to an activating group) is 1. The second kappa shape index (κ2) is 8.05. The highest BCUT2D eigenvalue weighted by molar-refractivity contribution is 5.69. The standard InChI is InChI=1S/C21H23F2NO3/c1-24(12-20(25)26)11-15-4-3-13-9-16(27-2)6-7-17(13)21(15)14-5-8-18(22)19(23)10-14/h5-10,15,21H,3-4,11-12H2,1-2H3,(H,25,26)/t15-,21+/m1/s1. The molecule has 4 nitrogen and oxygen atoms in total. The SMILES string of the molecule is COc1ccc2c(c1)CC[C@H](CN(C)CC(=O)O)[C@@H]2c1ccc(F)c(F)c1. The third kappa shape index (κ3) is 4.27. The smallest absolute Gasteiger partial charge is 0.317 e. The van der Waals surface area contributed by atoms with Crippen molar-refractivity contribution in [3.8, 4) is 5.75 Å². The molecule has 144 valence electrons. The first-order chi connectivity index (χ1) is 12.9. The summed E-state index contributed by atoms with van der Waals surface area (Å²) in [6.45, 7) is 0.498. The summed E-state index contributed by atoms with van der Waals surface area (Å²) in [7, 11) is 3.38. The molecule has 2 aromatic carbocycles. The van der Waals surface area contributed by atoms with E-state index in [1.165, 1.54) is 6.07 Å². The number of hydrogen-bond acceptors (Lipinski definition) is 3. The van der Waals surface area contributed by atoms with Crippen LogP contribution in [-0.2, 0) is 11.2 Å². The fourth-order valence-electron chi connectivity index (χ4n) is 4.04. The quantitative estimate of drug-likeness (QED) is 0.837. The van der Waals surface area contributed by atoms with Crippen LogP contribution in [-0.4, -0.2) is 43.2 Å². The number of carboxylic acids is 1. The lowest BCUT2D eigenvalue weighted by molar-refractivity contribution is -0.138. The van der Waals surface area contributed by atoms with Crippen LogP contribution in [0.4, 0.5) is 8.78 Å². The van der Waals surface area contributed by atoms with Crippen molar-refractivity contribution in [2.45, 2.75) is 18.8 Å². The van der Waals surface area contributed by atoms with Crippen LogP contribution in [0.2, 0.25) is 0 Å². The van der Waals surface area contributed by atoms with E-state index in [9.17, 15) is 13.6 Å². The second-order valence-electron chi connectivity index (χ2n) is 7.11. The molecule has 0 aliphatic heterocycles. The Balaban J connectivity index is 2.00. The first kappa shape index (κ1) is 19.3. The number of rotatable bonds is 6. The van der Waals surface area contributed by atoms with Crippen LogP contribution in [0, 0.1) is 17.6 Å². The van der Waals surface area contributed by atoms with Gasteiger partial charge in [-0.1, -0.05) is 12.1 Å². The second-order valence-corrected chi connectivity index (χ2v) is 7.11. The maximum absolute atomic E-state index is 13.9. The van der Waals surface area contributed by atoms with E-state index in [1.54, 1.807) is 25.1 Å². The largest absolute Gasteiger partial charge is 0.497 e. The number of carboxylic acid groups (broad SMARTS) is 1. The zero-order valence-electron chi connectivity index (χ0n) is 15.4. The fourth-order valence-corrected chi connectivity index (χ4v) is 4.04. The molecule has 1 aliphatic carbocycles. The van der Waals surface area contributed by atoms with Gasteiger partial charge in [-0.05, 0) is 66.8 Å². The normalized spacial score (nSPS) is 19.0. The highest BCUT2D eigenvalue weighted by Crippen LogP contribution is 2.42. The van der Waals surface area contributed by atoms with Crippen LogP contribution in [0.3, 0.4) is 0 Å². The van der Waals surface area contributed by atoms with Crippen molar-refractivity contribution in [2.24, 2.45) is 5.92 Å². The molecule has 0 amide bonds. The lowest BCUT2D eigenvalue weighted by Crippen LogP contribution is -2.35. The first-order valence-corrected chi connectivity index (χ1v) is 8.91. The Morgan fingerprint density at radius 3 is 2.67 bits per heavy atom. The van der Waals surface area contributed by atoms with Gasteiger partial charge in [0, 0.05) is 12.5 Å². The lowest BCUT2D eigenvalue weighted by atomic mass is 9.71. The van der Waals surface area contributed by atoms with E-state index in [0.29, 0.717) is 12.1 Å². The van der Waals surface area contributed by atoms with Gasteiger partial charge in [-0.3, -0.25) is 9.69 Å². The fraction of sp³-hybridized carbons (Fsp3) is 0.381. The van der Waals surface area contributed by atoms with Crippen molar-refractivity contribution in [1.29, 1.82) is 0 Å². The van der Waals surface area contributed by atoms with E-state index < -0.39 is 17.6 Å². The minimum Gasteiger partial charge on any atom is -0.497 e. The maximum Gasteiger partial charge on any atom is 0.317 e. The third-order valence-electron chi connectivity index (χ3n) is 5.20. The van der Waals surface area contributed by atoms with Crippen molar-refractivity contribution in [2.75, 3.05) is 27.2 Å². The lowest BCUT2D eigenvalue weighted by Gasteiger charge is -2.36. The molecule has 1 aliphatic rings. The number of hydrogen-bond donors (Lipinski definition) is 1. The van der Waals surface area contributed by atoms with Gasteiger partial charge in [-0.15, -0.1) is 0 Å². The Morgan fingerprint density at radius 1 is 1.22 bits per heavy atom. The van der Waals surface area contributed by atoms with Crippen molar-refractivity contribution in [3.05, 3.63) is 64.7 Å². The highest BCUT2D eigenvalue weighted by Gasteiger charge is 2.32. The summed E-state index contributed by atoms with van der Waals surface area (Å²) in [6, 6.07) is 9.86. The Kier molecular flexibility index (Phi) is 5.75. The van der Waals surface area contributed by atoms with Gasteiger partial charge < -0.3 is 9.84 Å². The van der Waals surface area contributed by atoms with E-state index in [2.05, 4.69) is 0 Å². The summed E-state index contributed by atoms with van der Waals surface area (Å²) >= 11 is 0. The summed E-state index contributed by atoms with van der Waals surface area (Å²) in [5, 5.41) is 9.03. The van der Waals surface area contributed by atoms with Crippen LogP contribution in [0.25, 0.3) is 0 Å². The van der Waals surface area contributed by atoms with E-state index in [4.69, 9.17) is 9.84 Å². The van der Waals surface area contributed by atoms with E-state index >= 15 is 0 Å². The van der Waals surface area contributed by atoms with Crippen LogP contribution in [0.15, 0.2) is 36.4 Å². The number of nitrogens with zero attached hydrogens (tertiary/aromatic N) is 1. The van der Waals surface area contributed by atoms with Crippen molar-refractivity contribution in [3.63, 3.8) is 0 Å². The number of halogens is 2. The van der Waals surface area contributed by atoms with Crippen LogP contribution >= 0.6 is 0 Å². The van der Waals surface area contributed by atoms with Crippen molar-refractivity contribution < 1.29 is 23.4 Å². The zero-order chi connectivity index (χ0) is 19.6. The summed E-state index contributed by atoms with van der Waals surface area (Å²) in [5.74, 6) is -1.90. The Labute approximate surface area is 157 Å². The molecule has 0 aromatic heterocycles. The molecule has 0 saturated carbocycles. The molecule has 0 heterocycles. The average Bonchev–Trinajstić information content (AvgIpc) is 2.63. The van der Waals surface area contributed by atoms with Crippen LogP contribution < -0.4 is 4.74 Å². The van der Waals surface area contributed by atoms with Gasteiger partial charge in [0.2, 0.25) is 0 Å². The Bertz CT molecular complexity index is 840. The van der Waals surface area contributed by atoms with Gasteiger partial charge >= 0.3 is 5.97 Å². The van der Waals surface area contributed by atoms with Gasteiger partial charge in [0.05, 0.1) is 13.7 Å². The van der Waals surface area contributed by atoms with Gasteiger partial charge in [-0.25, -0.2) is 8.78 Å². The molecule has 0 fully saturated rings. The topological polar surface area (TPSA) is 49.8 Å². The number of carbonyl (C=O) groups is 1. The molecule has 0 radical (unpaired) electrons. The molecule has 0 bridgehead atoms. The Morgan fingerprint density at radius 2 is 2.00 bits per heavy atom. The minimum absolute atomic E-state index is 0.0591. The van der Waals surface area contributed by atoms with Crippen LogP contribution in [0.5, 0.6) is 5.75 Å². The number of methoxy groups -OCH3 is 1. The molecule has 6 heteroatoms. The Hall–Kier alpha value is -2.47. The number of fused-ring (bicyclic) bond motifs is 1. The maximum atomic E-state index is 13.9.